The van der Waals surface area contributed by atoms with Crippen molar-refractivity contribution in [3.63, 3.8) is 0 Å². The highest BCUT2D eigenvalue weighted by molar-refractivity contribution is 6.05. The van der Waals surface area contributed by atoms with Crippen molar-refractivity contribution in [3.05, 3.63) is 131 Å². The minimum absolute atomic E-state index is 0. The third kappa shape index (κ3) is 11.3. The lowest BCUT2D eigenvalue weighted by Crippen LogP contribution is -2.55. The fourth-order valence-electron chi connectivity index (χ4n) is 8.38. The Kier molecular flexibility index (Phi) is 16.9. The van der Waals surface area contributed by atoms with Gasteiger partial charge in [-0.15, -0.1) is 0 Å². The van der Waals surface area contributed by atoms with Crippen LogP contribution in [0.3, 0.4) is 0 Å². The Balaban J connectivity index is 0.000000240. The number of halogens is 2. The number of hydrogen-bond donors (Lipinski definition) is 0. The molecule has 2 amide bonds. The number of benzene rings is 2. The van der Waals surface area contributed by atoms with Gasteiger partial charge in [0.2, 0.25) is 11.8 Å². The van der Waals surface area contributed by atoms with Crippen LogP contribution in [0.25, 0.3) is 0 Å². The van der Waals surface area contributed by atoms with E-state index in [4.69, 9.17) is 9.97 Å². The third-order valence-corrected chi connectivity index (χ3v) is 11.8. The molecule has 4 aromatic heterocycles. The van der Waals surface area contributed by atoms with Gasteiger partial charge >= 0.3 is 0 Å². The molecule has 0 saturated heterocycles. The maximum absolute atomic E-state index is 13.1. The Labute approximate surface area is 388 Å². The zero-order chi connectivity index (χ0) is 45.7. The molecule has 8 rings (SSSR count). The highest BCUT2D eigenvalue weighted by atomic mass is 19.1. The van der Waals surface area contributed by atoms with E-state index in [-0.39, 0.29) is 62.5 Å². The van der Waals surface area contributed by atoms with Crippen molar-refractivity contribution in [3.8, 4) is 0 Å². The molecule has 0 bridgehead atoms. The number of carbonyl (C=O) groups excluding carboxylic acids is 2. The zero-order valence-electron chi connectivity index (χ0n) is 38.0. The van der Waals surface area contributed by atoms with Gasteiger partial charge in [0.25, 0.3) is 0 Å². The average molecular weight is 905 g/mol. The van der Waals surface area contributed by atoms with Crippen molar-refractivity contribution in [2.45, 2.75) is 132 Å². The molecule has 0 radical (unpaired) electrons. The predicted octanol–water partition coefficient (Wildman–Crippen LogP) is 8.50. The highest BCUT2D eigenvalue weighted by Gasteiger charge is 2.39. The van der Waals surface area contributed by atoms with E-state index in [0.717, 1.165) is 82.6 Å². The highest BCUT2D eigenvalue weighted by Crippen LogP contribution is 2.37. The number of nitrogens with zero attached hydrogens (tertiary/aromatic N) is 12. The molecule has 16 heteroatoms. The second kappa shape index (κ2) is 22.1. The van der Waals surface area contributed by atoms with Crippen LogP contribution in [0.15, 0.2) is 85.7 Å². The van der Waals surface area contributed by atoms with Gasteiger partial charge in [-0.1, -0.05) is 53.0 Å². The van der Waals surface area contributed by atoms with Crippen LogP contribution >= 0.6 is 0 Å². The predicted molar refractivity (Wildman–Crippen MR) is 258 cm³/mol. The number of carbonyl (C=O) groups is 2. The van der Waals surface area contributed by atoms with Crippen LogP contribution in [0.4, 0.5) is 31.8 Å². The van der Waals surface area contributed by atoms with E-state index in [0.29, 0.717) is 25.9 Å². The molecule has 6 aromatic rings. The maximum Gasteiger partial charge on any atom is 0.249 e. The Morgan fingerprint density at radius 3 is 1.24 bits per heavy atom. The van der Waals surface area contributed by atoms with Crippen LogP contribution in [0.1, 0.15) is 103 Å². The summed E-state index contributed by atoms with van der Waals surface area (Å²) in [6.45, 7) is 13.6. The van der Waals surface area contributed by atoms with Crippen LogP contribution in [0, 0.1) is 11.6 Å². The summed E-state index contributed by atoms with van der Waals surface area (Å²) in [6.07, 6.45) is 15.6. The first-order valence-corrected chi connectivity index (χ1v) is 22.1. The number of rotatable bonds is 14. The second-order valence-corrected chi connectivity index (χ2v) is 17.0. The van der Waals surface area contributed by atoms with E-state index >= 15 is 0 Å². The average Bonchev–Trinajstić information content (AvgIpc) is 3.94. The molecule has 352 valence electrons. The summed E-state index contributed by atoms with van der Waals surface area (Å²) < 4.78 is 29.9. The summed E-state index contributed by atoms with van der Waals surface area (Å²) in [5, 5.41) is 8.84. The van der Waals surface area contributed by atoms with Gasteiger partial charge in [0.15, 0.2) is 11.6 Å². The van der Waals surface area contributed by atoms with Gasteiger partial charge in [-0.3, -0.25) is 19.0 Å². The third-order valence-electron chi connectivity index (χ3n) is 11.8. The summed E-state index contributed by atoms with van der Waals surface area (Å²) in [4.78, 5) is 51.9. The first kappa shape index (κ1) is 50.4. The summed E-state index contributed by atoms with van der Waals surface area (Å²) in [6, 6.07) is 12.8. The first-order chi connectivity index (χ1) is 30.7. The zero-order valence-corrected chi connectivity index (χ0v) is 38.0. The van der Waals surface area contributed by atoms with E-state index in [9.17, 15) is 18.4 Å². The number of amides is 2. The molecule has 2 aliphatic heterocycles. The van der Waals surface area contributed by atoms with Crippen molar-refractivity contribution in [1.29, 1.82) is 0 Å². The SMILES string of the molecule is C.C.CC[C@@H]1C(=O)N(C)c2cnc(CCc3cnn(Cc4ccc(F)cc4)c3)nc2N1C(C)C.CC[C@H]1C(=O)N(C)c2cnc(CCc3cnn(Cc4ccc(F)cc4)c3)nc2N1C(C)C. The van der Waals surface area contributed by atoms with Crippen LogP contribution in [-0.4, -0.2) is 89.6 Å². The van der Waals surface area contributed by atoms with Gasteiger partial charge in [-0.25, -0.2) is 28.7 Å². The van der Waals surface area contributed by atoms with Gasteiger partial charge in [0.05, 0.1) is 37.9 Å². The second-order valence-electron chi connectivity index (χ2n) is 17.0. The Hall–Kier alpha value is -6.58. The summed E-state index contributed by atoms with van der Waals surface area (Å²) in [5.41, 5.74) is 5.68. The van der Waals surface area contributed by atoms with Crippen LogP contribution in [0.2, 0.25) is 0 Å². The molecule has 2 atom stereocenters. The molecule has 0 N–H and O–H groups in total. The van der Waals surface area contributed by atoms with E-state index < -0.39 is 0 Å². The van der Waals surface area contributed by atoms with Crippen LogP contribution in [-0.2, 0) is 48.4 Å². The van der Waals surface area contributed by atoms with Crippen molar-refractivity contribution in [1.82, 2.24) is 39.5 Å². The van der Waals surface area contributed by atoms with Crippen molar-refractivity contribution in [2.75, 3.05) is 33.7 Å². The first-order valence-electron chi connectivity index (χ1n) is 22.1. The Bertz CT molecular complexity index is 2360. The minimum Gasteiger partial charge on any atom is -0.340 e. The molecule has 0 fully saturated rings. The summed E-state index contributed by atoms with van der Waals surface area (Å²) >= 11 is 0. The molecular formula is C50H66F2N12O2. The normalized spacial score (nSPS) is 15.6. The smallest absolute Gasteiger partial charge is 0.249 e. The minimum atomic E-state index is -0.239. The van der Waals surface area contributed by atoms with Gasteiger partial charge < -0.3 is 19.6 Å². The summed E-state index contributed by atoms with van der Waals surface area (Å²) in [5.74, 6) is 2.83. The van der Waals surface area contributed by atoms with Crippen molar-refractivity contribution >= 4 is 34.8 Å². The van der Waals surface area contributed by atoms with Gasteiger partial charge in [-0.2, -0.15) is 10.2 Å². The number of aromatic nitrogens is 8. The van der Waals surface area contributed by atoms with Crippen molar-refractivity contribution in [2.24, 2.45) is 0 Å². The van der Waals surface area contributed by atoms with Gasteiger partial charge in [0, 0.05) is 51.4 Å². The fourth-order valence-corrected chi connectivity index (χ4v) is 8.38. The Morgan fingerprint density at radius 2 is 0.909 bits per heavy atom. The molecule has 0 saturated carbocycles. The van der Waals surface area contributed by atoms with Gasteiger partial charge in [-0.05, 0) is 99.9 Å². The summed E-state index contributed by atoms with van der Waals surface area (Å²) in [7, 11) is 3.58. The van der Waals surface area contributed by atoms with E-state index in [1.54, 1.807) is 60.6 Å². The monoisotopic (exact) mass is 905 g/mol. The Morgan fingerprint density at radius 1 is 0.545 bits per heavy atom. The lowest BCUT2D eigenvalue weighted by atomic mass is 10.1. The molecule has 6 heterocycles. The molecule has 0 unspecified atom stereocenters. The van der Waals surface area contributed by atoms with E-state index in [1.165, 1.54) is 24.3 Å². The number of anilines is 4. The van der Waals surface area contributed by atoms with Crippen molar-refractivity contribution < 1.29 is 18.4 Å². The lowest BCUT2D eigenvalue weighted by molar-refractivity contribution is -0.120. The maximum atomic E-state index is 13.1. The molecule has 0 aliphatic carbocycles. The molecule has 2 aromatic carbocycles. The molecule has 14 nitrogen and oxygen atoms in total. The molecule has 0 spiro atoms. The fraction of sp³-hybridized carbons (Fsp3) is 0.440. The quantitative estimate of drug-likeness (QED) is 0.105. The standard InChI is InChI=1S/2C24H29FN6O.2CH4/c2*1-5-20-24(32)29(4)21-13-26-22(28-23(21)31(20)16(2)3)11-8-18-12-27-30(15-18)14-17-6-9-19(25)10-7-17;;/h2*6-7,9-10,12-13,15-16,20H,5,8,11,14H2,1-4H3;2*1H4/t2*20-;;/m10../s1. The topological polar surface area (TPSA) is 134 Å². The lowest BCUT2D eigenvalue weighted by Gasteiger charge is -2.42. The van der Waals surface area contributed by atoms with Gasteiger partial charge in [0.1, 0.15) is 46.7 Å². The number of fused-ring (bicyclic) bond motifs is 2. The number of hydrogen-bond acceptors (Lipinski definition) is 10. The molecule has 2 aliphatic rings. The number of aryl methyl sites for hydroxylation is 4. The van der Waals surface area contributed by atoms with E-state index in [2.05, 4.69) is 57.7 Å². The van der Waals surface area contributed by atoms with Crippen LogP contribution < -0.4 is 19.6 Å². The molecule has 66 heavy (non-hydrogen) atoms. The largest absolute Gasteiger partial charge is 0.340 e. The van der Waals surface area contributed by atoms with Crippen LogP contribution in [0.5, 0.6) is 0 Å². The van der Waals surface area contributed by atoms with E-state index in [1.807, 2.05) is 48.0 Å². The molecular weight excluding hydrogens is 839 g/mol. The number of likely N-dealkylation sites (N-methyl/N-ethyl adjacent to an activating group) is 2.